The summed E-state index contributed by atoms with van der Waals surface area (Å²) in [6.45, 7) is 22.1. The molecule has 2 aromatic heterocycles. The number of alkyl carbamates (subject to hydrolysis) is 1. The van der Waals surface area contributed by atoms with Crippen LogP contribution in [0.1, 0.15) is 144 Å². The molecule has 1 unspecified atom stereocenters. The van der Waals surface area contributed by atoms with Crippen LogP contribution < -0.4 is 26.6 Å². The second kappa shape index (κ2) is 25.3. The highest BCUT2D eigenvalue weighted by Crippen LogP contribution is 2.43. The molecular weight excluding hydrogens is 1060 g/mol. The largest absolute Gasteiger partial charge is 0.450 e. The van der Waals surface area contributed by atoms with Crippen molar-refractivity contribution in [3.63, 3.8) is 0 Å². The number of hydrogen-bond donors (Lipinski definition) is 5. The number of amides is 6. The number of esters is 1. The number of carbonyl (C=O) groups excluding carboxylic acids is 7. The number of carbonyl (C=O) groups is 7. The quantitative estimate of drug-likeness (QED) is 0.0123. The van der Waals surface area contributed by atoms with Crippen molar-refractivity contribution in [2.24, 2.45) is 10.1 Å². The van der Waals surface area contributed by atoms with E-state index in [1.807, 2.05) is 60.7 Å². The fourth-order valence-corrected chi connectivity index (χ4v) is 8.04. The molecule has 4 aromatic rings. The van der Waals surface area contributed by atoms with Crippen LogP contribution in [-0.2, 0) is 49.5 Å². The molecule has 3 atom stereocenters. The molecule has 0 spiro atoms. The van der Waals surface area contributed by atoms with E-state index in [9.17, 15) is 33.6 Å². The lowest BCUT2D eigenvalue weighted by Gasteiger charge is -2.36. The minimum Gasteiger partial charge on any atom is -0.450 e. The average molecular weight is 1130 g/mol. The Morgan fingerprint density at radius 1 is 0.800 bits per heavy atom. The van der Waals surface area contributed by atoms with Gasteiger partial charge in [0.1, 0.15) is 39.8 Å². The minimum atomic E-state index is -1.56. The molecule has 1 aliphatic carbocycles. The molecule has 1 saturated carbocycles. The molecule has 1 aliphatic heterocycles. The number of nitrogens with zero attached hydrogens (tertiary/aromatic N) is 7. The molecule has 6 amide bonds. The Morgan fingerprint density at radius 3 is 1.94 bits per heavy atom. The summed E-state index contributed by atoms with van der Waals surface area (Å²) in [6.07, 6.45) is -2.01. The SMILES string of the molecule is CC(c1cnn(C[C@H]2NC(=O)[C@H]2NC(=O)C(=NOC2(C(=O)OC(c3ccccc3)c3ccccc3)CC2)c2csc(NC(=O)OC(C)(C)C)n2)n1)N(C(=O)OC(C)(C)C)C(=NC(=O)OC(C)(C)C)NCCCNC(=O)OC(C)(C)C. The van der Waals surface area contributed by atoms with Crippen LogP contribution in [0, 0.1) is 0 Å². The van der Waals surface area contributed by atoms with Crippen LogP contribution in [0.4, 0.5) is 24.3 Å². The van der Waals surface area contributed by atoms with Gasteiger partial charge >= 0.3 is 30.3 Å². The Kier molecular flexibility index (Phi) is 19.3. The maximum atomic E-state index is 14.4. The van der Waals surface area contributed by atoms with Crippen LogP contribution in [0.5, 0.6) is 0 Å². The van der Waals surface area contributed by atoms with Gasteiger partial charge in [-0.3, -0.25) is 14.9 Å². The van der Waals surface area contributed by atoms with Gasteiger partial charge in [-0.2, -0.15) is 15.0 Å². The van der Waals surface area contributed by atoms with Crippen LogP contribution in [0.3, 0.4) is 0 Å². The number of guanidine groups is 1. The highest BCUT2D eigenvalue weighted by Gasteiger charge is 2.57. The first-order valence-corrected chi connectivity index (χ1v) is 26.8. The number of nitrogens with one attached hydrogen (secondary N) is 5. The fraction of sp³-hybridized carbons (Fsp3) is 0.519. The van der Waals surface area contributed by atoms with Crippen molar-refractivity contribution in [2.75, 3.05) is 18.4 Å². The van der Waals surface area contributed by atoms with Crippen LogP contribution in [0.2, 0.25) is 0 Å². The van der Waals surface area contributed by atoms with Crippen LogP contribution in [-0.4, -0.2) is 132 Å². The number of anilines is 1. The molecule has 0 radical (unpaired) electrons. The van der Waals surface area contributed by atoms with E-state index in [1.165, 1.54) is 16.4 Å². The van der Waals surface area contributed by atoms with E-state index in [0.717, 1.165) is 27.4 Å². The van der Waals surface area contributed by atoms with Crippen molar-refractivity contribution in [3.05, 3.63) is 94.8 Å². The van der Waals surface area contributed by atoms with Gasteiger partial charge in [0.15, 0.2) is 16.9 Å². The van der Waals surface area contributed by atoms with Crippen molar-refractivity contribution >= 4 is 70.3 Å². The van der Waals surface area contributed by atoms with Gasteiger partial charge in [-0.05, 0) is 108 Å². The second-order valence-electron chi connectivity index (χ2n) is 22.8. The van der Waals surface area contributed by atoms with Gasteiger partial charge in [0.05, 0.1) is 24.8 Å². The highest BCUT2D eigenvalue weighted by molar-refractivity contribution is 7.14. The number of β-lactam (4-membered cyclic amide) rings is 1. The number of hydrogen-bond acceptors (Lipinski definition) is 18. The summed E-state index contributed by atoms with van der Waals surface area (Å²) in [5.41, 5.74) is -3.89. The first-order valence-electron chi connectivity index (χ1n) is 26.0. The lowest BCUT2D eigenvalue weighted by molar-refractivity contribution is -0.164. The summed E-state index contributed by atoms with van der Waals surface area (Å²) in [5, 5.41) is 28.4. The molecule has 3 heterocycles. The Balaban J connectivity index is 1.22. The van der Waals surface area contributed by atoms with Gasteiger partial charge in [0.25, 0.3) is 5.91 Å². The predicted molar refractivity (Wildman–Crippen MR) is 293 cm³/mol. The highest BCUT2D eigenvalue weighted by atomic mass is 32.1. The van der Waals surface area contributed by atoms with E-state index in [1.54, 1.807) is 90.0 Å². The summed E-state index contributed by atoms with van der Waals surface area (Å²) in [5.74, 6) is -2.44. The van der Waals surface area contributed by atoms with Crippen molar-refractivity contribution in [1.82, 2.24) is 46.1 Å². The molecule has 2 fully saturated rings. The molecule has 0 bridgehead atoms. The van der Waals surface area contributed by atoms with Gasteiger partial charge in [-0.15, -0.1) is 16.3 Å². The summed E-state index contributed by atoms with van der Waals surface area (Å²) in [6, 6.07) is 15.4. The lowest BCUT2D eigenvalue weighted by Crippen LogP contribution is -2.70. The molecule has 1 saturated heterocycles. The lowest BCUT2D eigenvalue weighted by atomic mass is 9.98. The van der Waals surface area contributed by atoms with Crippen LogP contribution in [0.25, 0.3) is 0 Å². The second-order valence-corrected chi connectivity index (χ2v) is 23.7. The van der Waals surface area contributed by atoms with E-state index in [4.69, 9.17) is 28.5 Å². The van der Waals surface area contributed by atoms with E-state index < -0.39 is 100 Å². The maximum Gasteiger partial charge on any atom is 0.437 e. The van der Waals surface area contributed by atoms with Crippen LogP contribution >= 0.6 is 11.3 Å². The Labute approximate surface area is 468 Å². The minimum absolute atomic E-state index is 0.0507. The van der Waals surface area contributed by atoms with E-state index in [2.05, 4.69) is 51.9 Å². The zero-order valence-electron chi connectivity index (χ0n) is 47.3. The van der Waals surface area contributed by atoms with E-state index in [-0.39, 0.29) is 55.0 Å². The molecule has 2 aliphatic rings. The molecular formula is C54H72N12O13S. The van der Waals surface area contributed by atoms with Crippen molar-refractivity contribution < 1.29 is 62.1 Å². The summed E-state index contributed by atoms with van der Waals surface area (Å²) >= 11 is 0.960. The summed E-state index contributed by atoms with van der Waals surface area (Å²) in [4.78, 5) is 111. The van der Waals surface area contributed by atoms with Gasteiger partial charge in [0.2, 0.25) is 17.5 Å². The van der Waals surface area contributed by atoms with Gasteiger partial charge in [-0.25, -0.2) is 33.9 Å². The Hall–Kier alpha value is -8.16. The zero-order chi connectivity index (χ0) is 58.8. The number of thiazole rings is 1. The third kappa shape index (κ3) is 18.2. The van der Waals surface area contributed by atoms with Gasteiger partial charge in [-0.1, -0.05) is 65.8 Å². The molecule has 26 heteroatoms. The molecule has 25 nitrogen and oxygen atoms in total. The zero-order valence-corrected chi connectivity index (χ0v) is 48.1. The number of rotatable bonds is 18. The van der Waals surface area contributed by atoms with Crippen molar-refractivity contribution in [1.29, 1.82) is 0 Å². The summed E-state index contributed by atoms with van der Waals surface area (Å²) < 4.78 is 28.1. The number of oxime groups is 1. The Morgan fingerprint density at radius 2 is 1.38 bits per heavy atom. The maximum absolute atomic E-state index is 14.4. The van der Waals surface area contributed by atoms with Gasteiger partial charge < -0.3 is 49.8 Å². The van der Waals surface area contributed by atoms with E-state index in [0.29, 0.717) is 6.42 Å². The molecule has 2 aromatic carbocycles. The smallest absolute Gasteiger partial charge is 0.437 e. The fourth-order valence-electron chi connectivity index (χ4n) is 7.36. The van der Waals surface area contributed by atoms with Crippen LogP contribution in [0.15, 0.2) is 82.4 Å². The standard InChI is InChI=1S/C54H72N12O13S/c1-32(66(49(73)78-53(11,12)13)44(61-47(71)76-51(5,6)7)55-27-20-28-56-46(70)75-50(2,3)4)35-29-57-65(63-35)30-36-38(41(67)58-36)60-42(68)39(37-31-80-45(59-37)62-48(72)77-52(8,9)10)64-79-54(25-26-54)43(69)74-40(33-21-16-14-17-22-33)34-23-18-15-19-24-34/h14-19,21-24,29,31-32,36,38,40H,20,25-28,30H2,1-13H3,(H,56,70)(H,58,67)(H,60,68)(H,55,61,71)(H,59,62,72)/t32?,36-,38+/m1/s1. The third-order valence-corrected chi connectivity index (χ3v) is 11.9. The number of aliphatic imine (C=N–C) groups is 1. The first-order chi connectivity index (χ1) is 37.4. The van der Waals surface area contributed by atoms with Gasteiger partial charge in [0, 0.05) is 31.3 Å². The van der Waals surface area contributed by atoms with E-state index >= 15 is 0 Å². The molecule has 6 rings (SSSR count). The number of aromatic nitrogens is 4. The molecule has 80 heavy (non-hydrogen) atoms. The number of benzene rings is 2. The van der Waals surface area contributed by atoms with Crippen molar-refractivity contribution in [3.8, 4) is 0 Å². The molecule has 5 N–H and O–H groups in total. The normalized spacial score (nSPS) is 16.6. The monoisotopic (exact) mass is 1130 g/mol. The third-order valence-electron chi connectivity index (χ3n) is 11.1. The number of ether oxygens (including phenoxy) is 5. The Bertz CT molecular complexity index is 2880. The topological polar surface area (TPSA) is 307 Å². The van der Waals surface area contributed by atoms with Crippen molar-refractivity contribution in [2.45, 2.75) is 168 Å². The predicted octanol–water partition coefficient (Wildman–Crippen LogP) is 7.44. The summed E-state index contributed by atoms with van der Waals surface area (Å²) in [7, 11) is 0. The molecule has 432 valence electrons. The first kappa shape index (κ1) is 61.1. The average Bonchev–Trinajstić information content (AvgIpc) is 3.94.